The molecule has 2 heterocycles. The molecule has 90 valence electrons. The Morgan fingerprint density at radius 1 is 1.65 bits per heavy atom. The van der Waals surface area contributed by atoms with Gasteiger partial charge in [0.15, 0.2) is 17.1 Å². The van der Waals surface area contributed by atoms with Crippen LogP contribution >= 0.6 is 11.3 Å². The molecule has 17 heavy (non-hydrogen) atoms. The highest BCUT2D eigenvalue weighted by Gasteiger charge is 2.32. The van der Waals surface area contributed by atoms with Crippen LogP contribution in [0.2, 0.25) is 0 Å². The Morgan fingerprint density at radius 2 is 2.47 bits per heavy atom. The van der Waals surface area contributed by atoms with Crippen molar-refractivity contribution < 1.29 is 9.90 Å². The molecule has 3 rings (SSSR count). The van der Waals surface area contributed by atoms with E-state index in [1.165, 1.54) is 11.3 Å². The fraction of sp³-hybridized carbons (Fsp3) is 0.455. The van der Waals surface area contributed by atoms with Crippen molar-refractivity contribution in [2.45, 2.75) is 18.9 Å². The van der Waals surface area contributed by atoms with Crippen LogP contribution in [0.15, 0.2) is 11.6 Å². The smallest absolute Gasteiger partial charge is 0.196 e. The van der Waals surface area contributed by atoms with Crippen LogP contribution in [-0.2, 0) is 0 Å². The average Bonchev–Trinajstić information content (AvgIpc) is 2.96. The van der Waals surface area contributed by atoms with Crippen LogP contribution in [-0.4, -0.2) is 40.0 Å². The lowest BCUT2D eigenvalue weighted by Gasteiger charge is -2.21. The Bertz CT molecular complexity index is 544. The fourth-order valence-corrected chi connectivity index (χ4v) is 2.78. The van der Waals surface area contributed by atoms with Gasteiger partial charge in [0.05, 0.1) is 6.61 Å². The Labute approximate surface area is 102 Å². The van der Waals surface area contributed by atoms with E-state index in [2.05, 4.69) is 4.98 Å². The summed E-state index contributed by atoms with van der Waals surface area (Å²) in [7, 11) is 0. The highest BCUT2D eigenvalue weighted by Crippen LogP contribution is 2.33. The number of fused-ring (bicyclic) bond motifs is 1. The van der Waals surface area contributed by atoms with Gasteiger partial charge in [-0.05, 0) is 12.8 Å². The standard InChI is InChI=1S/C11H13N3O2S/c15-5-3-13(8-1-2-8)10-9(7-16)14-4-6-17-11(14)12-10/h4,6-8,15H,1-3,5H2. The third-order valence-electron chi connectivity index (χ3n) is 2.99. The Morgan fingerprint density at radius 3 is 3.12 bits per heavy atom. The molecule has 0 spiro atoms. The predicted octanol–water partition coefficient (Wildman–Crippen LogP) is 1.17. The molecule has 1 aliphatic rings. The van der Waals surface area contributed by atoms with Crippen LogP contribution in [0.1, 0.15) is 23.3 Å². The van der Waals surface area contributed by atoms with Crippen LogP contribution in [0.25, 0.3) is 4.96 Å². The number of carbonyl (C=O) groups excluding carboxylic acids is 1. The van der Waals surface area contributed by atoms with Gasteiger partial charge < -0.3 is 10.0 Å². The third kappa shape index (κ3) is 1.73. The molecular formula is C11H13N3O2S. The molecule has 0 radical (unpaired) electrons. The molecule has 1 N–H and O–H groups in total. The summed E-state index contributed by atoms with van der Waals surface area (Å²) >= 11 is 1.51. The highest BCUT2D eigenvalue weighted by atomic mass is 32.1. The van der Waals surface area contributed by atoms with Crippen molar-refractivity contribution in [3.8, 4) is 0 Å². The van der Waals surface area contributed by atoms with Gasteiger partial charge >= 0.3 is 0 Å². The molecule has 0 atom stereocenters. The number of aldehydes is 1. The van der Waals surface area contributed by atoms with E-state index >= 15 is 0 Å². The van der Waals surface area contributed by atoms with Crippen molar-refractivity contribution >= 4 is 28.4 Å². The molecular weight excluding hydrogens is 238 g/mol. The fourth-order valence-electron chi connectivity index (χ4n) is 2.07. The number of hydrogen-bond acceptors (Lipinski definition) is 5. The normalized spacial score (nSPS) is 15.4. The van der Waals surface area contributed by atoms with Gasteiger partial charge in [-0.1, -0.05) is 0 Å². The van der Waals surface area contributed by atoms with Crippen molar-refractivity contribution in [2.75, 3.05) is 18.1 Å². The first-order valence-corrected chi connectivity index (χ1v) is 6.51. The molecule has 1 saturated carbocycles. The first-order chi connectivity index (χ1) is 8.35. The number of imidazole rings is 1. The number of nitrogens with zero attached hydrogens (tertiary/aromatic N) is 3. The van der Waals surface area contributed by atoms with E-state index in [4.69, 9.17) is 5.11 Å². The molecule has 1 fully saturated rings. The number of rotatable bonds is 5. The second-order valence-electron chi connectivity index (χ2n) is 4.14. The van der Waals surface area contributed by atoms with Gasteiger partial charge in [0.2, 0.25) is 0 Å². The van der Waals surface area contributed by atoms with Crippen molar-refractivity contribution in [1.29, 1.82) is 0 Å². The predicted molar refractivity (Wildman–Crippen MR) is 65.9 cm³/mol. The summed E-state index contributed by atoms with van der Waals surface area (Å²) in [6, 6.07) is 0.436. The molecule has 0 amide bonds. The number of hydrogen-bond donors (Lipinski definition) is 1. The number of carbonyl (C=O) groups is 1. The quantitative estimate of drug-likeness (QED) is 0.810. The summed E-state index contributed by atoms with van der Waals surface area (Å²) in [5, 5.41) is 11.0. The van der Waals surface area contributed by atoms with Crippen molar-refractivity contribution in [2.24, 2.45) is 0 Å². The minimum atomic E-state index is 0.0833. The minimum absolute atomic E-state index is 0.0833. The summed E-state index contributed by atoms with van der Waals surface area (Å²) in [5.74, 6) is 0.711. The van der Waals surface area contributed by atoms with E-state index in [-0.39, 0.29) is 6.61 Å². The monoisotopic (exact) mass is 251 g/mol. The molecule has 2 aromatic heterocycles. The molecule has 0 saturated heterocycles. The molecule has 0 unspecified atom stereocenters. The van der Waals surface area contributed by atoms with Gasteiger partial charge in [-0.3, -0.25) is 9.20 Å². The van der Waals surface area contributed by atoms with Gasteiger partial charge in [-0.15, -0.1) is 11.3 Å². The zero-order valence-electron chi connectivity index (χ0n) is 9.24. The zero-order valence-corrected chi connectivity index (χ0v) is 10.1. The second kappa shape index (κ2) is 4.12. The molecule has 0 bridgehead atoms. The summed E-state index contributed by atoms with van der Waals surface area (Å²) in [6.07, 6.45) is 4.92. The molecule has 0 aliphatic heterocycles. The lowest BCUT2D eigenvalue weighted by atomic mass is 10.4. The summed E-state index contributed by atoms with van der Waals surface area (Å²) in [4.78, 5) is 18.6. The van der Waals surface area contributed by atoms with Crippen LogP contribution in [0.3, 0.4) is 0 Å². The van der Waals surface area contributed by atoms with Crippen molar-refractivity contribution in [1.82, 2.24) is 9.38 Å². The van der Waals surface area contributed by atoms with Crippen molar-refractivity contribution in [3.63, 3.8) is 0 Å². The van der Waals surface area contributed by atoms with Crippen LogP contribution < -0.4 is 4.90 Å². The lowest BCUT2D eigenvalue weighted by Crippen LogP contribution is -2.30. The van der Waals surface area contributed by atoms with Gasteiger partial charge in [-0.25, -0.2) is 4.98 Å². The van der Waals surface area contributed by atoms with E-state index in [0.717, 1.165) is 24.1 Å². The number of aliphatic hydroxyl groups is 1. The third-order valence-corrected chi connectivity index (χ3v) is 3.75. The molecule has 1 aliphatic carbocycles. The van der Waals surface area contributed by atoms with Crippen LogP contribution in [0, 0.1) is 0 Å². The Kier molecular flexibility index (Phi) is 2.60. The van der Waals surface area contributed by atoms with E-state index in [9.17, 15) is 4.79 Å². The molecule has 0 aromatic carbocycles. The maximum atomic E-state index is 11.2. The van der Waals surface area contributed by atoms with E-state index in [0.29, 0.717) is 24.1 Å². The van der Waals surface area contributed by atoms with E-state index < -0.39 is 0 Å². The highest BCUT2D eigenvalue weighted by molar-refractivity contribution is 7.15. The Hall–Kier alpha value is -1.40. The number of anilines is 1. The van der Waals surface area contributed by atoms with Crippen LogP contribution in [0.5, 0.6) is 0 Å². The van der Waals surface area contributed by atoms with E-state index in [1.807, 2.05) is 16.5 Å². The first-order valence-electron chi connectivity index (χ1n) is 5.63. The van der Waals surface area contributed by atoms with Crippen LogP contribution in [0.4, 0.5) is 5.82 Å². The second-order valence-corrected chi connectivity index (χ2v) is 5.02. The lowest BCUT2D eigenvalue weighted by molar-refractivity contribution is 0.111. The summed E-state index contributed by atoms with van der Waals surface area (Å²) in [5.41, 5.74) is 0.585. The number of thiazole rings is 1. The molecule has 2 aromatic rings. The Balaban J connectivity index is 2.07. The SMILES string of the molecule is O=Cc1c(N(CCO)C2CC2)nc2sccn12. The van der Waals surface area contributed by atoms with E-state index in [1.54, 1.807) is 4.40 Å². The van der Waals surface area contributed by atoms with Gasteiger partial charge in [-0.2, -0.15) is 0 Å². The zero-order chi connectivity index (χ0) is 11.8. The average molecular weight is 251 g/mol. The summed E-state index contributed by atoms with van der Waals surface area (Å²) in [6.45, 7) is 0.621. The number of aliphatic hydroxyl groups excluding tert-OH is 1. The topological polar surface area (TPSA) is 57.8 Å². The summed E-state index contributed by atoms with van der Waals surface area (Å²) < 4.78 is 1.81. The van der Waals surface area contributed by atoms with Gasteiger partial charge in [0, 0.05) is 24.2 Å². The molecule has 5 nitrogen and oxygen atoms in total. The maximum absolute atomic E-state index is 11.2. The molecule has 6 heteroatoms. The largest absolute Gasteiger partial charge is 0.395 e. The maximum Gasteiger partial charge on any atom is 0.196 e. The van der Waals surface area contributed by atoms with Gasteiger partial charge in [0.25, 0.3) is 0 Å². The van der Waals surface area contributed by atoms with Gasteiger partial charge in [0.1, 0.15) is 5.69 Å². The van der Waals surface area contributed by atoms with Crippen molar-refractivity contribution in [3.05, 3.63) is 17.3 Å². The minimum Gasteiger partial charge on any atom is -0.395 e. The number of aromatic nitrogens is 2. The first kappa shape index (κ1) is 10.7.